The van der Waals surface area contributed by atoms with Crippen LogP contribution in [0.15, 0.2) is 48.7 Å². The Labute approximate surface area is 199 Å². The Morgan fingerprint density at radius 2 is 1.76 bits per heavy atom. The average Bonchev–Trinajstić information content (AvgIpc) is 3.42. The normalized spacial score (nSPS) is 26.1. The fraction of sp³-hybridized carbons (Fsp3) is 0.500. The van der Waals surface area contributed by atoms with Crippen molar-refractivity contribution in [1.82, 2.24) is 15.1 Å². The Morgan fingerprint density at radius 1 is 1.06 bits per heavy atom. The summed E-state index contributed by atoms with van der Waals surface area (Å²) in [5, 5.41) is 8.33. The number of fused-ring (bicyclic) bond motifs is 3. The number of amides is 1. The minimum absolute atomic E-state index is 0.233. The fourth-order valence-corrected chi connectivity index (χ4v) is 6.74. The topological polar surface area (TPSA) is 58.2 Å². The van der Waals surface area contributed by atoms with Crippen molar-refractivity contribution >= 4 is 16.8 Å². The van der Waals surface area contributed by atoms with Gasteiger partial charge >= 0.3 is 0 Å². The summed E-state index contributed by atoms with van der Waals surface area (Å²) >= 11 is 0. The van der Waals surface area contributed by atoms with Gasteiger partial charge < -0.3 is 9.64 Å². The molecule has 178 valence electrons. The largest absolute Gasteiger partial charge is 0.381 e. The number of carbonyl (C=O) groups is 1. The molecule has 3 aromatic rings. The van der Waals surface area contributed by atoms with Crippen LogP contribution < -0.4 is 0 Å². The van der Waals surface area contributed by atoms with E-state index in [0.717, 1.165) is 61.4 Å². The number of nitrogens with zero attached hydrogens (tertiary/aromatic N) is 2. The Bertz CT molecular complexity index is 1150. The predicted octanol–water partition coefficient (Wildman–Crippen LogP) is 5.05. The van der Waals surface area contributed by atoms with Gasteiger partial charge in [-0.3, -0.25) is 9.89 Å². The third kappa shape index (κ3) is 4.02. The molecule has 2 bridgehead atoms. The molecule has 1 amide bonds. The second-order valence-corrected chi connectivity index (χ2v) is 10.6. The summed E-state index contributed by atoms with van der Waals surface area (Å²) in [6, 6.07) is 13.9. The molecule has 1 aromatic heterocycles. The van der Waals surface area contributed by atoms with Crippen molar-refractivity contribution in [2.24, 2.45) is 11.3 Å². The van der Waals surface area contributed by atoms with Crippen molar-refractivity contribution in [3.63, 3.8) is 0 Å². The molecular formula is C28H32FN3O2. The Hall–Kier alpha value is -2.73. The number of hydrogen-bond donors (Lipinski definition) is 1. The van der Waals surface area contributed by atoms with Gasteiger partial charge in [-0.05, 0) is 92.7 Å². The van der Waals surface area contributed by atoms with Gasteiger partial charge in [0.05, 0.1) is 17.1 Å². The SMILES string of the molecule is O=C(N1C2CCC1CC(Cc1ccc3[nH]ncc3c1)C2)C1(Cc2ccc(F)cc2)CCOCC1. The van der Waals surface area contributed by atoms with Crippen LogP contribution in [0.5, 0.6) is 0 Å². The van der Waals surface area contributed by atoms with Crippen LogP contribution >= 0.6 is 0 Å². The van der Waals surface area contributed by atoms with E-state index in [2.05, 4.69) is 33.3 Å². The lowest BCUT2D eigenvalue weighted by Gasteiger charge is -2.46. The number of piperidine rings is 1. The number of benzene rings is 2. The van der Waals surface area contributed by atoms with Gasteiger partial charge in [-0.2, -0.15) is 5.10 Å². The zero-order valence-corrected chi connectivity index (χ0v) is 19.5. The van der Waals surface area contributed by atoms with Crippen molar-refractivity contribution in [1.29, 1.82) is 0 Å². The van der Waals surface area contributed by atoms with Crippen LogP contribution in [-0.2, 0) is 22.4 Å². The first-order valence-electron chi connectivity index (χ1n) is 12.7. The molecule has 2 unspecified atom stereocenters. The van der Waals surface area contributed by atoms with Gasteiger partial charge in [0.2, 0.25) is 5.91 Å². The molecule has 1 N–H and O–H groups in total. The second kappa shape index (κ2) is 8.81. The van der Waals surface area contributed by atoms with E-state index in [9.17, 15) is 9.18 Å². The summed E-state index contributed by atoms with van der Waals surface area (Å²) in [6.07, 6.45) is 9.47. The van der Waals surface area contributed by atoms with E-state index in [4.69, 9.17) is 4.74 Å². The van der Waals surface area contributed by atoms with E-state index in [1.54, 1.807) is 0 Å². The smallest absolute Gasteiger partial charge is 0.229 e. The van der Waals surface area contributed by atoms with E-state index < -0.39 is 5.41 Å². The summed E-state index contributed by atoms with van der Waals surface area (Å²) in [4.78, 5) is 16.4. The van der Waals surface area contributed by atoms with Gasteiger partial charge in [0.15, 0.2) is 0 Å². The first kappa shape index (κ1) is 21.8. The number of hydrogen-bond acceptors (Lipinski definition) is 3. The number of H-pyrrole nitrogens is 1. The van der Waals surface area contributed by atoms with Crippen LogP contribution in [0.3, 0.4) is 0 Å². The number of aromatic amines is 1. The molecule has 3 aliphatic heterocycles. The third-order valence-corrected chi connectivity index (χ3v) is 8.45. The molecule has 3 fully saturated rings. The van der Waals surface area contributed by atoms with Crippen LogP contribution in [0.1, 0.15) is 49.7 Å². The first-order valence-corrected chi connectivity index (χ1v) is 12.7. The maximum Gasteiger partial charge on any atom is 0.229 e. The number of aromatic nitrogens is 2. The fourth-order valence-electron chi connectivity index (χ4n) is 6.74. The average molecular weight is 462 g/mol. The van der Waals surface area contributed by atoms with Crippen molar-refractivity contribution in [3.8, 4) is 0 Å². The lowest BCUT2D eigenvalue weighted by Crippen LogP contribution is -2.55. The lowest BCUT2D eigenvalue weighted by molar-refractivity contribution is -0.153. The maximum absolute atomic E-state index is 14.2. The van der Waals surface area contributed by atoms with E-state index in [-0.39, 0.29) is 5.82 Å². The molecule has 34 heavy (non-hydrogen) atoms. The van der Waals surface area contributed by atoms with Crippen LogP contribution in [0, 0.1) is 17.2 Å². The maximum atomic E-state index is 14.2. The third-order valence-electron chi connectivity index (χ3n) is 8.45. The number of rotatable bonds is 5. The molecule has 2 aromatic carbocycles. The standard InChI is InChI=1S/C28H32FN3O2/c29-23-4-1-19(2-5-23)17-28(9-11-34-12-10-28)27(33)32-24-6-7-25(32)16-21(15-24)13-20-3-8-26-22(14-20)18-30-31-26/h1-5,8,14,18,21,24-25H,6-7,9-13,15-17H2,(H,30,31). The molecular weight excluding hydrogens is 429 g/mol. The summed E-state index contributed by atoms with van der Waals surface area (Å²) in [6.45, 7) is 1.24. The molecule has 3 aliphatic rings. The molecule has 6 heteroatoms. The molecule has 4 heterocycles. The number of nitrogens with one attached hydrogen (secondary N) is 1. The molecule has 0 aliphatic carbocycles. The lowest BCUT2D eigenvalue weighted by atomic mass is 9.73. The van der Waals surface area contributed by atoms with Gasteiger partial charge in [-0.25, -0.2) is 4.39 Å². The Kier molecular flexibility index (Phi) is 5.64. The van der Waals surface area contributed by atoms with Crippen LogP contribution in [0.2, 0.25) is 0 Å². The van der Waals surface area contributed by atoms with E-state index in [1.807, 2.05) is 18.3 Å². The van der Waals surface area contributed by atoms with Crippen LogP contribution in [-0.4, -0.2) is 46.3 Å². The number of halogens is 1. The molecule has 2 atom stereocenters. The van der Waals surface area contributed by atoms with Crippen molar-refractivity contribution < 1.29 is 13.9 Å². The summed E-state index contributed by atoms with van der Waals surface area (Å²) < 4.78 is 19.1. The van der Waals surface area contributed by atoms with Crippen molar-refractivity contribution in [3.05, 3.63) is 65.6 Å². The molecule has 5 nitrogen and oxygen atoms in total. The number of carbonyl (C=O) groups excluding carboxylic acids is 1. The minimum Gasteiger partial charge on any atom is -0.381 e. The monoisotopic (exact) mass is 461 g/mol. The molecule has 3 saturated heterocycles. The van der Waals surface area contributed by atoms with Gasteiger partial charge in [0.1, 0.15) is 5.82 Å². The van der Waals surface area contributed by atoms with Crippen molar-refractivity contribution in [2.45, 2.75) is 63.5 Å². The van der Waals surface area contributed by atoms with Crippen LogP contribution in [0.4, 0.5) is 4.39 Å². The van der Waals surface area contributed by atoms with E-state index in [1.165, 1.54) is 17.7 Å². The minimum atomic E-state index is -0.434. The zero-order chi connectivity index (χ0) is 23.1. The quantitative estimate of drug-likeness (QED) is 0.578. The van der Waals surface area contributed by atoms with Crippen LogP contribution in [0.25, 0.3) is 10.9 Å². The van der Waals surface area contributed by atoms with E-state index >= 15 is 0 Å². The second-order valence-electron chi connectivity index (χ2n) is 10.6. The summed E-state index contributed by atoms with van der Waals surface area (Å²) in [5.74, 6) is 0.683. The number of ether oxygens (including phenoxy) is 1. The molecule has 0 saturated carbocycles. The molecule has 0 spiro atoms. The van der Waals surface area contributed by atoms with Gasteiger partial charge in [-0.1, -0.05) is 18.2 Å². The summed E-state index contributed by atoms with van der Waals surface area (Å²) in [5.41, 5.74) is 3.03. The van der Waals surface area contributed by atoms with Gasteiger partial charge in [0, 0.05) is 30.7 Å². The highest BCUT2D eigenvalue weighted by Crippen LogP contribution is 2.45. The highest BCUT2D eigenvalue weighted by Gasteiger charge is 2.50. The Balaban J connectivity index is 1.19. The van der Waals surface area contributed by atoms with E-state index in [0.29, 0.717) is 43.5 Å². The first-order chi connectivity index (χ1) is 16.6. The zero-order valence-electron chi connectivity index (χ0n) is 19.5. The van der Waals surface area contributed by atoms with Crippen molar-refractivity contribution in [2.75, 3.05) is 13.2 Å². The predicted molar refractivity (Wildman–Crippen MR) is 129 cm³/mol. The van der Waals surface area contributed by atoms with Gasteiger partial charge in [-0.15, -0.1) is 0 Å². The molecule has 0 radical (unpaired) electrons. The van der Waals surface area contributed by atoms with Gasteiger partial charge in [0.25, 0.3) is 0 Å². The highest BCUT2D eigenvalue weighted by molar-refractivity contribution is 5.84. The highest BCUT2D eigenvalue weighted by atomic mass is 19.1. The Morgan fingerprint density at radius 3 is 2.50 bits per heavy atom. The molecule has 6 rings (SSSR count). The summed E-state index contributed by atoms with van der Waals surface area (Å²) in [7, 11) is 0.